The van der Waals surface area contributed by atoms with Crippen LogP contribution in [-0.2, 0) is 24.1 Å². The summed E-state index contributed by atoms with van der Waals surface area (Å²) < 4.78 is 5.44. The minimum Gasteiger partial charge on any atom is -0.379 e. The Morgan fingerprint density at radius 1 is 1.21 bits per heavy atom. The molecule has 8 heteroatoms. The molecule has 0 aliphatic carbocycles. The quantitative estimate of drug-likeness (QED) is 0.599. The minimum atomic E-state index is -0.0894. The van der Waals surface area contributed by atoms with Gasteiger partial charge in [0.25, 0.3) is 11.5 Å². The lowest BCUT2D eigenvalue weighted by molar-refractivity contribution is 0.0566. The number of amides is 1. The molecular weight excluding hydrogens is 448 g/mol. The second kappa shape index (κ2) is 10.7. The molecule has 3 N–H and O–H groups in total. The number of aromatic amines is 1. The third-order valence-electron chi connectivity index (χ3n) is 7.51. The van der Waals surface area contributed by atoms with Crippen molar-refractivity contribution in [1.82, 2.24) is 14.8 Å². The van der Waals surface area contributed by atoms with Gasteiger partial charge in [-0.15, -0.1) is 11.3 Å². The van der Waals surface area contributed by atoms with Gasteiger partial charge in [-0.2, -0.15) is 0 Å². The molecule has 4 heterocycles. The molecular formula is C26H38N4O3S. The maximum Gasteiger partial charge on any atom is 0.255 e. The van der Waals surface area contributed by atoms with Crippen LogP contribution in [0.1, 0.15) is 55.3 Å². The van der Waals surface area contributed by atoms with Crippen molar-refractivity contribution >= 4 is 17.2 Å². The smallest absolute Gasteiger partial charge is 0.255 e. The Kier molecular flexibility index (Phi) is 7.92. The summed E-state index contributed by atoms with van der Waals surface area (Å²) in [6.45, 7) is 10.6. The van der Waals surface area contributed by atoms with E-state index in [4.69, 9.17) is 10.5 Å². The monoisotopic (exact) mass is 486 g/mol. The molecule has 0 spiro atoms. The number of carbonyl (C=O) groups is 1. The molecule has 0 saturated carbocycles. The van der Waals surface area contributed by atoms with Crippen molar-refractivity contribution in [2.24, 2.45) is 11.7 Å². The first-order valence-corrected chi connectivity index (χ1v) is 13.2. The van der Waals surface area contributed by atoms with Gasteiger partial charge in [0.15, 0.2) is 0 Å². The highest BCUT2D eigenvalue weighted by Crippen LogP contribution is 2.36. The molecule has 4 rings (SSSR count). The van der Waals surface area contributed by atoms with Crippen LogP contribution in [0.3, 0.4) is 0 Å². The Morgan fingerprint density at radius 2 is 1.94 bits per heavy atom. The molecule has 186 valence electrons. The van der Waals surface area contributed by atoms with Crippen LogP contribution in [0.4, 0.5) is 0 Å². The van der Waals surface area contributed by atoms with Gasteiger partial charge in [0, 0.05) is 54.2 Å². The summed E-state index contributed by atoms with van der Waals surface area (Å²) in [6.07, 6.45) is 4.35. The van der Waals surface area contributed by atoms with Crippen LogP contribution in [0.15, 0.2) is 10.9 Å². The van der Waals surface area contributed by atoms with Crippen molar-refractivity contribution in [1.29, 1.82) is 0 Å². The predicted molar refractivity (Wildman–Crippen MR) is 137 cm³/mol. The number of pyridine rings is 1. The zero-order valence-electron chi connectivity index (χ0n) is 20.9. The summed E-state index contributed by atoms with van der Waals surface area (Å²) in [5.41, 5.74) is 10.2. The molecule has 0 aromatic carbocycles. The van der Waals surface area contributed by atoms with Crippen LogP contribution in [0, 0.1) is 26.7 Å². The van der Waals surface area contributed by atoms with E-state index in [2.05, 4.69) is 16.8 Å². The summed E-state index contributed by atoms with van der Waals surface area (Å²) in [7, 11) is 1.73. The van der Waals surface area contributed by atoms with E-state index in [-0.39, 0.29) is 17.6 Å². The standard InChI is InChI=1S/C26H38N4O3S/c1-16-11-17(2)28-25(31)21(16)15-30-10-7-22-24(26(30)32)18(3)23(34-22)12-19-5-8-29(9-6-19)14-20(13-27)33-4/h11,19-20H,5-10,12-15,27H2,1-4H3,(H,28,31). The van der Waals surface area contributed by atoms with Gasteiger partial charge in [0.05, 0.1) is 18.2 Å². The van der Waals surface area contributed by atoms with Crippen LogP contribution in [0.25, 0.3) is 0 Å². The number of piperidine rings is 1. The number of likely N-dealkylation sites (tertiary alicyclic amines) is 1. The summed E-state index contributed by atoms with van der Waals surface area (Å²) in [6, 6.07) is 1.97. The van der Waals surface area contributed by atoms with Gasteiger partial charge in [-0.3, -0.25) is 9.59 Å². The first-order chi connectivity index (χ1) is 16.3. The van der Waals surface area contributed by atoms with Gasteiger partial charge in [0.2, 0.25) is 0 Å². The molecule has 2 aliphatic rings. The van der Waals surface area contributed by atoms with E-state index >= 15 is 0 Å². The largest absolute Gasteiger partial charge is 0.379 e. The average molecular weight is 487 g/mol. The highest BCUT2D eigenvalue weighted by Gasteiger charge is 2.31. The van der Waals surface area contributed by atoms with Crippen molar-refractivity contribution in [3.63, 3.8) is 0 Å². The van der Waals surface area contributed by atoms with E-state index in [1.807, 2.05) is 36.2 Å². The molecule has 0 bridgehead atoms. The Bertz CT molecular complexity index is 1080. The number of aromatic nitrogens is 1. The fraction of sp³-hybridized carbons (Fsp3) is 0.615. The van der Waals surface area contributed by atoms with Gasteiger partial charge in [-0.25, -0.2) is 0 Å². The minimum absolute atomic E-state index is 0.0721. The average Bonchev–Trinajstić information content (AvgIpc) is 3.12. The number of hydrogen-bond donors (Lipinski definition) is 2. The first-order valence-electron chi connectivity index (χ1n) is 12.4. The number of ether oxygens (including phenoxy) is 1. The number of methoxy groups -OCH3 is 1. The van der Waals surface area contributed by atoms with E-state index in [1.165, 1.54) is 22.6 Å². The van der Waals surface area contributed by atoms with Crippen molar-refractivity contribution in [2.75, 3.05) is 39.8 Å². The van der Waals surface area contributed by atoms with Gasteiger partial charge < -0.3 is 25.3 Å². The van der Waals surface area contributed by atoms with Crippen LogP contribution < -0.4 is 11.3 Å². The number of rotatable bonds is 8. The number of nitrogens with zero attached hydrogens (tertiary/aromatic N) is 2. The molecule has 2 aromatic rings. The second-order valence-electron chi connectivity index (χ2n) is 9.91. The summed E-state index contributed by atoms with van der Waals surface area (Å²) in [5.74, 6) is 0.719. The topological polar surface area (TPSA) is 91.7 Å². The maximum absolute atomic E-state index is 13.4. The van der Waals surface area contributed by atoms with Gasteiger partial charge >= 0.3 is 0 Å². The summed E-state index contributed by atoms with van der Waals surface area (Å²) in [4.78, 5) is 35.7. The van der Waals surface area contributed by atoms with E-state index in [9.17, 15) is 9.59 Å². The molecule has 1 saturated heterocycles. The fourth-order valence-corrected chi connectivity index (χ4v) is 6.77. The number of carbonyl (C=O) groups excluding carboxylic acids is 1. The van der Waals surface area contributed by atoms with Gasteiger partial charge in [-0.05, 0) is 76.2 Å². The number of fused-ring (bicyclic) bond motifs is 1. The van der Waals surface area contributed by atoms with E-state index in [1.54, 1.807) is 7.11 Å². The molecule has 0 radical (unpaired) electrons. The van der Waals surface area contributed by atoms with Crippen LogP contribution in [-0.4, -0.2) is 66.6 Å². The lowest BCUT2D eigenvalue weighted by atomic mass is 9.91. The number of aryl methyl sites for hydroxylation is 2. The molecule has 1 amide bonds. The summed E-state index contributed by atoms with van der Waals surface area (Å²) >= 11 is 1.83. The Hall–Kier alpha value is -2.00. The molecule has 2 aromatic heterocycles. The maximum atomic E-state index is 13.4. The lowest BCUT2D eigenvalue weighted by Crippen LogP contribution is -2.42. The molecule has 7 nitrogen and oxygen atoms in total. The third-order valence-corrected chi connectivity index (χ3v) is 8.88. The van der Waals surface area contributed by atoms with E-state index in [0.29, 0.717) is 31.1 Å². The zero-order valence-corrected chi connectivity index (χ0v) is 21.7. The van der Waals surface area contributed by atoms with E-state index in [0.717, 1.165) is 54.9 Å². The first kappa shape index (κ1) is 25.1. The highest BCUT2D eigenvalue weighted by molar-refractivity contribution is 7.12. The normalized spacial score (nSPS) is 18.4. The number of nitrogens with one attached hydrogen (secondary N) is 1. The number of H-pyrrole nitrogens is 1. The predicted octanol–water partition coefficient (Wildman–Crippen LogP) is 2.79. The number of thiophene rings is 1. The lowest BCUT2D eigenvalue weighted by Gasteiger charge is -2.33. The van der Waals surface area contributed by atoms with Crippen LogP contribution >= 0.6 is 11.3 Å². The summed E-state index contributed by atoms with van der Waals surface area (Å²) in [5, 5.41) is 0. The van der Waals surface area contributed by atoms with Crippen molar-refractivity contribution in [2.45, 2.75) is 59.1 Å². The molecule has 34 heavy (non-hydrogen) atoms. The Morgan fingerprint density at radius 3 is 2.59 bits per heavy atom. The molecule has 2 aliphatic heterocycles. The third kappa shape index (κ3) is 5.30. The van der Waals surface area contributed by atoms with Crippen molar-refractivity contribution in [3.8, 4) is 0 Å². The van der Waals surface area contributed by atoms with Crippen molar-refractivity contribution in [3.05, 3.63) is 54.1 Å². The molecule has 1 atom stereocenters. The van der Waals surface area contributed by atoms with Gasteiger partial charge in [0.1, 0.15) is 0 Å². The molecule has 1 unspecified atom stereocenters. The van der Waals surface area contributed by atoms with Gasteiger partial charge in [-0.1, -0.05) is 0 Å². The second-order valence-corrected chi connectivity index (χ2v) is 11.1. The van der Waals surface area contributed by atoms with E-state index < -0.39 is 0 Å². The number of nitrogens with two attached hydrogens (primary N) is 1. The Labute approximate surface area is 206 Å². The fourth-order valence-electron chi connectivity index (χ4n) is 5.36. The zero-order chi connectivity index (χ0) is 24.4. The number of hydrogen-bond acceptors (Lipinski definition) is 6. The Balaban J connectivity index is 1.41. The highest BCUT2D eigenvalue weighted by atomic mass is 32.1. The van der Waals surface area contributed by atoms with Crippen LogP contribution in [0.2, 0.25) is 0 Å². The SMILES string of the molecule is COC(CN)CN1CCC(Cc2sc3c(c2C)C(=O)N(Cc2c(C)cc(C)[nH]c2=O)CC3)CC1. The van der Waals surface area contributed by atoms with Crippen molar-refractivity contribution < 1.29 is 9.53 Å². The van der Waals surface area contributed by atoms with Crippen LogP contribution in [0.5, 0.6) is 0 Å². The molecule has 1 fully saturated rings.